The van der Waals surface area contributed by atoms with E-state index in [1.54, 1.807) is 0 Å². The molecule has 0 aromatic heterocycles. The molecule has 0 radical (unpaired) electrons. The average molecular weight is 339 g/mol. The SMILES string of the molecule is CCC(NCCCC(=O)NC1CC1)c1ccc(Br)cc1. The maximum Gasteiger partial charge on any atom is 0.220 e. The van der Waals surface area contributed by atoms with Crippen molar-refractivity contribution in [2.75, 3.05) is 6.54 Å². The third-order valence-corrected chi connectivity index (χ3v) is 4.12. The Kier molecular flexibility index (Phi) is 6.05. The number of benzene rings is 1. The molecule has 1 aliphatic rings. The lowest BCUT2D eigenvalue weighted by Crippen LogP contribution is -2.27. The van der Waals surface area contributed by atoms with Crippen molar-refractivity contribution in [3.8, 4) is 0 Å². The lowest BCUT2D eigenvalue weighted by atomic mass is 10.0. The van der Waals surface area contributed by atoms with Gasteiger partial charge in [0, 0.05) is 23.0 Å². The lowest BCUT2D eigenvalue weighted by molar-refractivity contribution is -0.121. The van der Waals surface area contributed by atoms with Gasteiger partial charge in [0.15, 0.2) is 0 Å². The van der Waals surface area contributed by atoms with E-state index in [4.69, 9.17) is 0 Å². The lowest BCUT2D eigenvalue weighted by Gasteiger charge is -2.17. The molecule has 1 unspecified atom stereocenters. The van der Waals surface area contributed by atoms with E-state index in [0.29, 0.717) is 18.5 Å². The normalized spacial score (nSPS) is 15.9. The van der Waals surface area contributed by atoms with Gasteiger partial charge < -0.3 is 10.6 Å². The van der Waals surface area contributed by atoms with Gasteiger partial charge in [0.1, 0.15) is 0 Å². The highest BCUT2D eigenvalue weighted by atomic mass is 79.9. The maximum atomic E-state index is 11.6. The first-order valence-electron chi connectivity index (χ1n) is 7.47. The average Bonchev–Trinajstić information content (AvgIpc) is 3.24. The summed E-state index contributed by atoms with van der Waals surface area (Å²) in [6.45, 7) is 3.06. The Bertz CT molecular complexity index is 429. The van der Waals surface area contributed by atoms with Crippen LogP contribution < -0.4 is 10.6 Å². The summed E-state index contributed by atoms with van der Waals surface area (Å²) in [6, 6.07) is 9.28. The van der Waals surface area contributed by atoms with Crippen LogP contribution in [0, 0.1) is 0 Å². The topological polar surface area (TPSA) is 41.1 Å². The maximum absolute atomic E-state index is 11.6. The molecule has 1 fully saturated rings. The Morgan fingerprint density at radius 1 is 1.35 bits per heavy atom. The number of carbonyl (C=O) groups excluding carboxylic acids is 1. The highest BCUT2D eigenvalue weighted by Gasteiger charge is 2.22. The second-order valence-corrected chi connectivity index (χ2v) is 6.33. The zero-order chi connectivity index (χ0) is 14.4. The number of hydrogen-bond donors (Lipinski definition) is 2. The van der Waals surface area contributed by atoms with Crippen molar-refractivity contribution in [3.05, 3.63) is 34.3 Å². The molecule has 20 heavy (non-hydrogen) atoms. The van der Waals surface area contributed by atoms with Gasteiger partial charge in [-0.3, -0.25) is 4.79 Å². The second kappa shape index (κ2) is 7.79. The summed E-state index contributed by atoms with van der Waals surface area (Å²) in [6.07, 6.45) is 4.89. The van der Waals surface area contributed by atoms with Crippen LogP contribution in [-0.4, -0.2) is 18.5 Å². The summed E-state index contributed by atoms with van der Waals surface area (Å²) in [5.41, 5.74) is 1.30. The minimum atomic E-state index is 0.200. The summed E-state index contributed by atoms with van der Waals surface area (Å²) >= 11 is 3.46. The fourth-order valence-corrected chi connectivity index (χ4v) is 2.51. The van der Waals surface area contributed by atoms with Crippen molar-refractivity contribution in [2.24, 2.45) is 0 Å². The second-order valence-electron chi connectivity index (χ2n) is 5.41. The molecule has 0 aliphatic heterocycles. The highest BCUT2D eigenvalue weighted by molar-refractivity contribution is 9.10. The number of rotatable bonds is 8. The van der Waals surface area contributed by atoms with Gasteiger partial charge in [0.2, 0.25) is 5.91 Å². The summed E-state index contributed by atoms with van der Waals surface area (Å²) < 4.78 is 1.10. The van der Waals surface area contributed by atoms with Crippen molar-refractivity contribution >= 4 is 21.8 Å². The number of amides is 1. The van der Waals surface area contributed by atoms with E-state index >= 15 is 0 Å². The first-order valence-corrected chi connectivity index (χ1v) is 8.26. The fraction of sp³-hybridized carbons (Fsp3) is 0.562. The van der Waals surface area contributed by atoms with E-state index in [-0.39, 0.29) is 5.91 Å². The van der Waals surface area contributed by atoms with E-state index in [9.17, 15) is 4.79 Å². The van der Waals surface area contributed by atoms with Crippen LogP contribution in [0.1, 0.15) is 50.6 Å². The van der Waals surface area contributed by atoms with Crippen LogP contribution in [0.4, 0.5) is 0 Å². The minimum Gasteiger partial charge on any atom is -0.353 e. The van der Waals surface area contributed by atoms with E-state index < -0.39 is 0 Å². The Hall–Kier alpha value is -0.870. The van der Waals surface area contributed by atoms with Crippen molar-refractivity contribution in [3.63, 3.8) is 0 Å². The highest BCUT2D eigenvalue weighted by Crippen LogP contribution is 2.20. The molecule has 0 spiro atoms. The monoisotopic (exact) mass is 338 g/mol. The third kappa shape index (κ3) is 5.25. The number of hydrogen-bond acceptors (Lipinski definition) is 2. The van der Waals surface area contributed by atoms with Crippen LogP contribution in [-0.2, 0) is 4.79 Å². The molecule has 0 saturated heterocycles. The molecule has 110 valence electrons. The van der Waals surface area contributed by atoms with Crippen LogP contribution in [0.3, 0.4) is 0 Å². The zero-order valence-electron chi connectivity index (χ0n) is 12.0. The first-order chi connectivity index (χ1) is 9.69. The van der Waals surface area contributed by atoms with Gasteiger partial charge in [0.05, 0.1) is 0 Å². The van der Waals surface area contributed by atoms with Crippen LogP contribution >= 0.6 is 15.9 Å². The van der Waals surface area contributed by atoms with E-state index in [1.165, 1.54) is 5.56 Å². The van der Waals surface area contributed by atoms with Gasteiger partial charge in [-0.25, -0.2) is 0 Å². The van der Waals surface area contributed by atoms with Crippen LogP contribution in [0.5, 0.6) is 0 Å². The van der Waals surface area contributed by atoms with Gasteiger partial charge in [-0.1, -0.05) is 35.0 Å². The van der Waals surface area contributed by atoms with Crippen LogP contribution in [0.25, 0.3) is 0 Å². The summed E-state index contributed by atoms with van der Waals surface area (Å²) in [5, 5.41) is 6.56. The van der Waals surface area contributed by atoms with Gasteiger partial charge >= 0.3 is 0 Å². The van der Waals surface area contributed by atoms with E-state index in [2.05, 4.69) is 57.8 Å². The van der Waals surface area contributed by atoms with Crippen molar-refractivity contribution in [1.29, 1.82) is 0 Å². The molecule has 1 aliphatic carbocycles. The van der Waals surface area contributed by atoms with Crippen LogP contribution in [0.15, 0.2) is 28.7 Å². The Labute approximate surface area is 129 Å². The van der Waals surface area contributed by atoms with Gasteiger partial charge in [0.25, 0.3) is 0 Å². The van der Waals surface area contributed by atoms with Crippen molar-refractivity contribution < 1.29 is 4.79 Å². The molecule has 1 amide bonds. The number of halogens is 1. The van der Waals surface area contributed by atoms with Gasteiger partial charge in [-0.15, -0.1) is 0 Å². The van der Waals surface area contributed by atoms with E-state index in [0.717, 1.165) is 36.7 Å². The molecular formula is C16H23BrN2O. The summed E-state index contributed by atoms with van der Waals surface area (Å²) in [7, 11) is 0. The minimum absolute atomic E-state index is 0.200. The zero-order valence-corrected chi connectivity index (χ0v) is 13.6. The molecule has 1 saturated carbocycles. The first kappa shape index (κ1) is 15.5. The van der Waals surface area contributed by atoms with Gasteiger partial charge in [-0.05, 0) is 49.9 Å². The standard InChI is InChI=1S/C16H23BrN2O/c1-2-15(12-5-7-13(17)8-6-12)18-11-3-4-16(20)19-14-9-10-14/h5-8,14-15,18H,2-4,9-11H2,1H3,(H,19,20). The van der Waals surface area contributed by atoms with E-state index in [1.807, 2.05) is 0 Å². The van der Waals surface area contributed by atoms with Crippen molar-refractivity contribution in [2.45, 2.75) is 51.1 Å². The number of nitrogens with one attached hydrogen (secondary N) is 2. The summed E-state index contributed by atoms with van der Waals surface area (Å²) in [5.74, 6) is 0.200. The molecule has 0 heterocycles. The molecule has 1 atom stereocenters. The Morgan fingerprint density at radius 3 is 2.65 bits per heavy atom. The predicted molar refractivity (Wildman–Crippen MR) is 85.6 cm³/mol. The Balaban J connectivity index is 1.67. The third-order valence-electron chi connectivity index (χ3n) is 3.59. The molecular weight excluding hydrogens is 316 g/mol. The molecule has 2 N–H and O–H groups in total. The largest absolute Gasteiger partial charge is 0.353 e. The molecule has 0 bridgehead atoms. The Morgan fingerprint density at radius 2 is 2.05 bits per heavy atom. The molecule has 1 aromatic carbocycles. The number of carbonyl (C=O) groups is 1. The molecule has 4 heteroatoms. The van der Waals surface area contributed by atoms with Gasteiger partial charge in [-0.2, -0.15) is 0 Å². The molecule has 1 aromatic rings. The quantitative estimate of drug-likeness (QED) is 0.711. The fourth-order valence-electron chi connectivity index (χ4n) is 2.25. The predicted octanol–water partition coefficient (Wildman–Crippen LogP) is 3.55. The smallest absolute Gasteiger partial charge is 0.220 e. The van der Waals surface area contributed by atoms with Crippen molar-refractivity contribution in [1.82, 2.24) is 10.6 Å². The van der Waals surface area contributed by atoms with Crippen LogP contribution in [0.2, 0.25) is 0 Å². The summed E-state index contributed by atoms with van der Waals surface area (Å²) in [4.78, 5) is 11.6. The molecule has 2 rings (SSSR count). The molecule has 3 nitrogen and oxygen atoms in total.